The third-order valence-electron chi connectivity index (χ3n) is 4.45. The first-order chi connectivity index (χ1) is 14.7. The number of carbonyl (C=O) groups is 1. The Morgan fingerprint density at radius 3 is 2.39 bits per heavy atom. The van der Waals surface area contributed by atoms with Crippen molar-refractivity contribution in [2.24, 2.45) is 0 Å². The lowest BCUT2D eigenvalue weighted by molar-refractivity contribution is -0.152. The number of ether oxygens (including phenoxy) is 2. The summed E-state index contributed by atoms with van der Waals surface area (Å²) >= 11 is 5.81. The van der Waals surface area contributed by atoms with Crippen LogP contribution in [0.15, 0.2) is 51.7 Å². The van der Waals surface area contributed by atoms with Crippen LogP contribution < -0.4 is 10.2 Å². The van der Waals surface area contributed by atoms with E-state index in [0.29, 0.717) is 5.02 Å². The quantitative estimate of drug-likeness (QED) is 0.437. The molecule has 0 aliphatic heterocycles. The molecule has 1 atom stereocenters. The molecule has 0 spiro atoms. The van der Waals surface area contributed by atoms with Gasteiger partial charge in [-0.25, -0.2) is 4.79 Å². The lowest BCUT2D eigenvalue weighted by Gasteiger charge is -2.17. The summed E-state index contributed by atoms with van der Waals surface area (Å²) in [6, 6.07) is 9.25. The monoisotopic (exact) mass is 454 g/mol. The first-order valence-electron chi connectivity index (χ1n) is 9.43. The Labute approximate surface area is 180 Å². The molecule has 0 fully saturated rings. The van der Waals surface area contributed by atoms with Crippen LogP contribution in [0.5, 0.6) is 5.75 Å². The molecule has 0 aliphatic rings. The van der Waals surface area contributed by atoms with E-state index < -0.39 is 35.0 Å². The van der Waals surface area contributed by atoms with Crippen molar-refractivity contribution in [1.82, 2.24) is 0 Å². The van der Waals surface area contributed by atoms with Gasteiger partial charge in [0, 0.05) is 11.1 Å². The second-order valence-electron chi connectivity index (χ2n) is 6.56. The third-order valence-corrected chi connectivity index (χ3v) is 4.70. The van der Waals surface area contributed by atoms with Crippen molar-refractivity contribution < 1.29 is 31.9 Å². The zero-order chi connectivity index (χ0) is 22.8. The number of benzene rings is 2. The first kappa shape index (κ1) is 22.7. The highest BCUT2D eigenvalue weighted by molar-refractivity contribution is 6.30. The van der Waals surface area contributed by atoms with Crippen LogP contribution in [0.3, 0.4) is 0 Å². The van der Waals surface area contributed by atoms with Gasteiger partial charge >= 0.3 is 12.1 Å². The lowest BCUT2D eigenvalue weighted by atomic mass is 10.0. The van der Waals surface area contributed by atoms with Gasteiger partial charge in [0.2, 0.25) is 11.2 Å². The van der Waals surface area contributed by atoms with Crippen LogP contribution in [0, 0.1) is 0 Å². The summed E-state index contributed by atoms with van der Waals surface area (Å²) in [4.78, 5) is 24.9. The zero-order valence-electron chi connectivity index (χ0n) is 16.6. The fourth-order valence-electron chi connectivity index (χ4n) is 3.02. The normalized spacial score (nSPS) is 12.6. The summed E-state index contributed by atoms with van der Waals surface area (Å²) in [5.41, 5.74) is -1.74. The van der Waals surface area contributed by atoms with E-state index in [4.69, 9.17) is 25.5 Å². The van der Waals surface area contributed by atoms with Gasteiger partial charge in [0.25, 0.3) is 0 Å². The minimum atomic E-state index is -4.92. The van der Waals surface area contributed by atoms with Crippen molar-refractivity contribution in [1.29, 1.82) is 0 Å². The number of carbonyl (C=O) groups excluding carboxylic acids is 1. The largest absolute Gasteiger partial charge is 0.479 e. The van der Waals surface area contributed by atoms with Gasteiger partial charge in [-0.05, 0) is 43.2 Å². The molecule has 0 saturated heterocycles. The number of alkyl halides is 3. The predicted molar refractivity (Wildman–Crippen MR) is 109 cm³/mol. The van der Waals surface area contributed by atoms with E-state index in [-0.39, 0.29) is 35.3 Å². The molecule has 0 N–H and O–H groups in total. The van der Waals surface area contributed by atoms with Crippen LogP contribution in [-0.4, -0.2) is 18.7 Å². The molecule has 0 aliphatic carbocycles. The van der Waals surface area contributed by atoms with Crippen LogP contribution in [0.1, 0.15) is 26.0 Å². The molecule has 1 heterocycles. The topological polar surface area (TPSA) is 65.7 Å². The highest BCUT2D eigenvalue weighted by atomic mass is 35.5. The highest BCUT2D eigenvalue weighted by Gasteiger charge is 2.39. The molecule has 3 rings (SSSR count). The second kappa shape index (κ2) is 9.01. The van der Waals surface area contributed by atoms with E-state index in [1.54, 1.807) is 13.8 Å². The minimum absolute atomic E-state index is 0.0288. The summed E-state index contributed by atoms with van der Waals surface area (Å²) in [5.74, 6) is -1.95. The summed E-state index contributed by atoms with van der Waals surface area (Å²) in [5, 5.41) is 0.255. The maximum Gasteiger partial charge on any atom is 0.450 e. The summed E-state index contributed by atoms with van der Waals surface area (Å²) in [6.45, 7) is 3.50. The molecule has 5 nitrogen and oxygen atoms in total. The summed E-state index contributed by atoms with van der Waals surface area (Å²) < 4.78 is 56.8. The molecule has 9 heteroatoms. The van der Waals surface area contributed by atoms with Crippen molar-refractivity contribution >= 4 is 28.5 Å². The molecule has 1 aromatic heterocycles. The molecule has 2 aromatic carbocycles. The Bertz CT molecular complexity index is 1150. The van der Waals surface area contributed by atoms with Gasteiger partial charge in [-0.15, -0.1) is 0 Å². The predicted octanol–water partition coefficient (Wildman–Crippen LogP) is 5.85. The SMILES string of the molecule is CCOC(=O)[C@@H](CC)Oc1ccc2c(=O)c(-c3ccc(Cl)cc3)c(C(F)(F)F)oc2c1. The van der Waals surface area contributed by atoms with Gasteiger partial charge in [-0.3, -0.25) is 4.79 Å². The highest BCUT2D eigenvalue weighted by Crippen LogP contribution is 2.38. The van der Waals surface area contributed by atoms with E-state index in [1.807, 2.05) is 0 Å². The molecule has 0 bridgehead atoms. The van der Waals surface area contributed by atoms with Gasteiger partial charge < -0.3 is 13.9 Å². The molecule has 3 aromatic rings. The molecule has 0 radical (unpaired) electrons. The Morgan fingerprint density at radius 1 is 1.13 bits per heavy atom. The molecule has 31 heavy (non-hydrogen) atoms. The number of hydrogen-bond donors (Lipinski definition) is 0. The van der Waals surface area contributed by atoms with Gasteiger partial charge in [0.05, 0.1) is 17.6 Å². The van der Waals surface area contributed by atoms with E-state index >= 15 is 0 Å². The van der Waals surface area contributed by atoms with Crippen molar-refractivity contribution in [3.8, 4) is 16.9 Å². The first-order valence-corrected chi connectivity index (χ1v) is 9.80. The lowest BCUT2D eigenvalue weighted by Crippen LogP contribution is -2.28. The molecule has 164 valence electrons. The van der Waals surface area contributed by atoms with Crippen molar-refractivity contribution in [3.63, 3.8) is 0 Å². The van der Waals surface area contributed by atoms with Crippen molar-refractivity contribution in [2.75, 3.05) is 6.61 Å². The van der Waals surface area contributed by atoms with Crippen molar-refractivity contribution in [2.45, 2.75) is 32.5 Å². The van der Waals surface area contributed by atoms with Gasteiger partial charge in [-0.2, -0.15) is 13.2 Å². The molecule has 0 saturated carbocycles. The van der Waals surface area contributed by atoms with Crippen LogP contribution in [0.2, 0.25) is 5.02 Å². The average molecular weight is 455 g/mol. The van der Waals surface area contributed by atoms with E-state index in [0.717, 1.165) is 6.07 Å². The number of hydrogen-bond acceptors (Lipinski definition) is 5. The van der Waals surface area contributed by atoms with Gasteiger partial charge in [-0.1, -0.05) is 30.7 Å². The Morgan fingerprint density at radius 2 is 1.81 bits per heavy atom. The molecular weight excluding hydrogens is 437 g/mol. The average Bonchev–Trinajstić information content (AvgIpc) is 2.72. The van der Waals surface area contributed by atoms with E-state index in [2.05, 4.69) is 0 Å². The number of halogens is 4. The van der Waals surface area contributed by atoms with E-state index in [1.165, 1.54) is 36.4 Å². The van der Waals surface area contributed by atoms with Gasteiger partial charge in [0.1, 0.15) is 11.3 Å². The van der Waals surface area contributed by atoms with Gasteiger partial charge in [0.15, 0.2) is 6.10 Å². The summed E-state index contributed by atoms with van der Waals surface area (Å²) in [7, 11) is 0. The Balaban J connectivity index is 2.14. The van der Waals surface area contributed by atoms with Crippen molar-refractivity contribution in [3.05, 3.63) is 63.5 Å². The fourth-order valence-corrected chi connectivity index (χ4v) is 3.15. The fraction of sp³-hybridized carbons (Fsp3) is 0.273. The summed E-state index contributed by atoms with van der Waals surface area (Å²) in [6.07, 6.45) is -5.58. The smallest absolute Gasteiger partial charge is 0.450 e. The Kier molecular flexibility index (Phi) is 6.59. The van der Waals surface area contributed by atoms with Crippen LogP contribution in [0.4, 0.5) is 13.2 Å². The standard InChI is InChI=1S/C22H18ClF3O5/c1-3-16(21(28)29-4-2)30-14-9-10-15-17(11-14)31-20(22(24,25)26)18(19(15)27)12-5-7-13(23)8-6-12/h5-11,16H,3-4H2,1-2H3/t16-/m1/s1. The number of rotatable bonds is 6. The minimum Gasteiger partial charge on any atom is -0.479 e. The molecule has 0 unspecified atom stereocenters. The second-order valence-corrected chi connectivity index (χ2v) is 7.00. The Hall–Kier alpha value is -3.00. The van der Waals surface area contributed by atoms with E-state index in [9.17, 15) is 22.8 Å². The van der Waals surface area contributed by atoms with Crippen LogP contribution in [-0.2, 0) is 15.7 Å². The number of fused-ring (bicyclic) bond motifs is 1. The maximum absolute atomic E-state index is 13.7. The zero-order valence-corrected chi connectivity index (χ0v) is 17.3. The molecule has 0 amide bonds. The number of esters is 1. The van der Waals surface area contributed by atoms with Crippen LogP contribution in [0.25, 0.3) is 22.1 Å². The molecular formula is C22H18ClF3O5. The third kappa shape index (κ3) is 4.85. The van der Waals surface area contributed by atoms with Crippen LogP contribution >= 0.6 is 11.6 Å². The maximum atomic E-state index is 13.7.